The highest BCUT2D eigenvalue weighted by molar-refractivity contribution is 5.94. The van der Waals surface area contributed by atoms with E-state index in [-0.39, 0.29) is 12.0 Å². The second-order valence-electron chi connectivity index (χ2n) is 6.31. The number of piperidine rings is 1. The summed E-state index contributed by atoms with van der Waals surface area (Å²) in [4.78, 5) is 18.9. The number of carbonyl (C=O) groups excluding carboxylic acids is 1. The van der Waals surface area contributed by atoms with Crippen molar-refractivity contribution >= 4 is 16.8 Å². The molecule has 1 fully saturated rings. The van der Waals surface area contributed by atoms with E-state index in [9.17, 15) is 9.90 Å². The number of aliphatic hydroxyl groups excluding tert-OH is 1. The molecule has 3 aromatic rings. The average Bonchev–Trinajstić information content (AvgIpc) is 3.02. The van der Waals surface area contributed by atoms with Gasteiger partial charge in [0.2, 0.25) is 0 Å². The van der Waals surface area contributed by atoms with Crippen molar-refractivity contribution < 1.29 is 9.90 Å². The highest BCUT2D eigenvalue weighted by Crippen LogP contribution is 2.22. The number of carbonyl (C=O) groups is 1. The van der Waals surface area contributed by atoms with Crippen LogP contribution in [-0.4, -0.2) is 55.1 Å². The number of amides is 1. The molecule has 0 atom stereocenters. The molecule has 0 bridgehead atoms. The Balaban J connectivity index is 1.70. The van der Waals surface area contributed by atoms with Crippen LogP contribution in [0.25, 0.3) is 16.6 Å². The molecule has 1 aliphatic rings. The summed E-state index contributed by atoms with van der Waals surface area (Å²) in [5.74, 6) is -0.135. The second-order valence-corrected chi connectivity index (χ2v) is 6.31. The first kappa shape index (κ1) is 15.7. The predicted molar refractivity (Wildman–Crippen MR) is 92.5 cm³/mol. The molecule has 0 radical (unpaired) electrons. The first-order chi connectivity index (χ1) is 12.1. The fourth-order valence-electron chi connectivity index (χ4n) is 3.23. The number of fused-ring (bicyclic) bond motifs is 1. The van der Waals surface area contributed by atoms with Crippen LogP contribution in [0.2, 0.25) is 0 Å². The van der Waals surface area contributed by atoms with Crippen LogP contribution in [0, 0.1) is 6.92 Å². The maximum Gasteiger partial charge on any atom is 0.276 e. The van der Waals surface area contributed by atoms with Crippen LogP contribution >= 0.6 is 0 Å². The van der Waals surface area contributed by atoms with Gasteiger partial charge >= 0.3 is 0 Å². The molecule has 1 saturated heterocycles. The lowest BCUT2D eigenvalue weighted by Crippen LogP contribution is -2.40. The van der Waals surface area contributed by atoms with Gasteiger partial charge in [-0.1, -0.05) is 23.4 Å². The lowest BCUT2D eigenvalue weighted by molar-refractivity contribution is 0.0541. The molecule has 4 rings (SSSR count). The molecule has 1 amide bonds. The zero-order valence-electron chi connectivity index (χ0n) is 14.0. The SMILES string of the molecule is Cc1c(C(=O)N2CCC(O)CC2)nnn1-c1cccc2cccnc12. The molecule has 128 valence electrons. The van der Waals surface area contributed by atoms with Crippen molar-refractivity contribution in [3.8, 4) is 5.69 Å². The standard InChI is InChI=1S/C18H19N5O2/c1-12-16(18(25)22-10-7-14(24)8-11-22)20-21-23(12)15-6-2-4-13-5-3-9-19-17(13)15/h2-6,9,14,24H,7-8,10-11H2,1H3. The number of aliphatic hydroxyl groups is 1. The van der Waals surface area contributed by atoms with Crippen LogP contribution in [0.4, 0.5) is 0 Å². The van der Waals surface area contributed by atoms with Crippen LogP contribution < -0.4 is 0 Å². The third kappa shape index (κ3) is 2.76. The quantitative estimate of drug-likeness (QED) is 0.770. The molecule has 0 unspecified atom stereocenters. The number of benzene rings is 1. The fourth-order valence-corrected chi connectivity index (χ4v) is 3.23. The number of likely N-dealkylation sites (tertiary alicyclic amines) is 1. The summed E-state index contributed by atoms with van der Waals surface area (Å²) in [5, 5.41) is 18.9. The highest BCUT2D eigenvalue weighted by Gasteiger charge is 2.26. The molecule has 3 heterocycles. The monoisotopic (exact) mass is 337 g/mol. The maximum atomic E-state index is 12.7. The average molecular weight is 337 g/mol. The molecule has 25 heavy (non-hydrogen) atoms. The molecule has 7 heteroatoms. The number of pyridine rings is 1. The topological polar surface area (TPSA) is 84.1 Å². The lowest BCUT2D eigenvalue weighted by atomic mass is 10.1. The van der Waals surface area contributed by atoms with E-state index in [1.54, 1.807) is 15.8 Å². The van der Waals surface area contributed by atoms with Gasteiger partial charge in [-0.3, -0.25) is 9.78 Å². The Morgan fingerprint density at radius 2 is 1.96 bits per heavy atom. The number of para-hydroxylation sites is 1. The third-order valence-corrected chi connectivity index (χ3v) is 4.69. The third-order valence-electron chi connectivity index (χ3n) is 4.69. The van der Waals surface area contributed by atoms with Crippen LogP contribution in [-0.2, 0) is 0 Å². The molecule has 1 aromatic carbocycles. The van der Waals surface area contributed by atoms with Gasteiger partial charge in [0.05, 0.1) is 23.0 Å². The highest BCUT2D eigenvalue weighted by atomic mass is 16.3. The minimum Gasteiger partial charge on any atom is -0.393 e. The summed E-state index contributed by atoms with van der Waals surface area (Å²) in [6.07, 6.45) is 2.63. The predicted octanol–water partition coefficient (Wildman–Crippen LogP) is 1.72. The van der Waals surface area contributed by atoms with E-state index in [0.29, 0.717) is 37.3 Å². The van der Waals surface area contributed by atoms with Crippen LogP contribution in [0.15, 0.2) is 36.5 Å². The summed E-state index contributed by atoms with van der Waals surface area (Å²) >= 11 is 0. The Morgan fingerprint density at radius 1 is 1.20 bits per heavy atom. The number of rotatable bonds is 2. The Labute approximate surface area is 144 Å². The minimum atomic E-state index is -0.317. The molecule has 1 aliphatic heterocycles. The lowest BCUT2D eigenvalue weighted by Gasteiger charge is -2.29. The van der Waals surface area contributed by atoms with Crippen molar-refractivity contribution in [1.82, 2.24) is 24.9 Å². The number of nitrogens with zero attached hydrogens (tertiary/aromatic N) is 5. The first-order valence-electron chi connectivity index (χ1n) is 8.39. The Hall–Kier alpha value is -2.80. The fraction of sp³-hybridized carbons (Fsp3) is 0.333. The molecule has 0 saturated carbocycles. The molecular formula is C18H19N5O2. The molecular weight excluding hydrogens is 318 g/mol. The van der Waals surface area contributed by atoms with E-state index in [4.69, 9.17) is 0 Å². The van der Waals surface area contributed by atoms with Crippen molar-refractivity contribution in [3.63, 3.8) is 0 Å². The van der Waals surface area contributed by atoms with Gasteiger partial charge in [0.15, 0.2) is 5.69 Å². The molecule has 0 spiro atoms. The summed E-state index contributed by atoms with van der Waals surface area (Å²) in [6.45, 7) is 2.93. The van der Waals surface area contributed by atoms with Gasteiger partial charge in [-0.2, -0.15) is 0 Å². The smallest absolute Gasteiger partial charge is 0.276 e. The van der Waals surface area contributed by atoms with Crippen molar-refractivity contribution in [3.05, 3.63) is 47.9 Å². The van der Waals surface area contributed by atoms with Gasteiger partial charge in [-0.15, -0.1) is 5.10 Å². The zero-order valence-corrected chi connectivity index (χ0v) is 14.0. The molecule has 2 aromatic heterocycles. The zero-order chi connectivity index (χ0) is 17.4. The maximum absolute atomic E-state index is 12.7. The van der Waals surface area contributed by atoms with Gasteiger partial charge in [-0.05, 0) is 31.9 Å². The minimum absolute atomic E-state index is 0.135. The van der Waals surface area contributed by atoms with Crippen LogP contribution in [0.3, 0.4) is 0 Å². The summed E-state index contributed by atoms with van der Waals surface area (Å²) in [7, 11) is 0. The van der Waals surface area contributed by atoms with Gasteiger partial charge in [0.1, 0.15) is 0 Å². The van der Waals surface area contributed by atoms with Crippen LogP contribution in [0.1, 0.15) is 29.0 Å². The number of hydrogen-bond acceptors (Lipinski definition) is 5. The van der Waals surface area contributed by atoms with E-state index in [1.165, 1.54) is 0 Å². The van der Waals surface area contributed by atoms with Crippen molar-refractivity contribution in [2.45, 2.75) is 25.9 Å². The van der Waals surface area contributed by atoms with Gasteiger partial charge < -0.3 is 10.0 Å². The van der Waals surface area contributed by atoms with E-state index in [1.807, 2.05) is 37.3 Å². The molecule has 1 N–H and O–H groups in total. The van der Waals surface area contributed by atoms with Crippen LogP contribution in [0.5, 0.6) is 0 Å². The first-order valence-corrected chi connectivity index (χ1v) is 8.39. The Bertz CT molecular complexity index is 923. The van der Waals surface area contributed by atoms with Gasteiger partial charge in [-0.25, -0.2) is 4.68 Å². The van der Waals surface area contributed by atoms with E-state index in [2.05, 4.69) is 15.3 Å². The van der Waals surface area contributed by atoms with E-state index < -0.39 is 0 Å². The second kappa shape index (κ2) is 6.25. The number of aromatic nitrogens is 4. The molecule has 7 nitrogen and oxygen atoms in total. The van der Waals surface area contributed by atoms with E-state index >= 15 is 0 Å². The van der Waals surface area contributed by atoms with E-state index in [0.717, 1.165) is 16.6 Å². The van der Waals surface area contributed by atoms with Crippen molar-refractivity contribution in [2.75, 3.05) is 13.1 Å². The van der Waals surface area contributed by atoms with Crippen molar-refractivity contribution in [2.24, 2.45) is 0 Å². The number of hydrogen-bond donors (Lipinski definition) is 1. The Morgan fingerprint density at radius 3 is 2.76 bits per heavy atom. The van der Waals surface area contributed by atoms with Gasteiger partial charge in [0.25, 0.3) is 5.91 Å². The Kier molecular flexibility index (Phi) is 3.93. The van der Waals surface area contributed by atoms with Gasteiger partial charge in [0, 0.05) is 24.7 Å². The summed E-state index contributed by atoms with van der Waals surface area (Å²) < 4.78 is 1.67. The summed E-state index contributed by atoms with van der Waals surface area (Å²) in [6, 6.07) is 9.73. The summed E-state index contributed by atoms with van der Waals surface area (Å²) in [5.41, 5.74) is 2.66. The normalized spacial score (nSPS) is 15.7. The largest absolute Gasteiger partial charge is 0.393 e. The van der Waals surface area contributed by atoms with Crippen molar-refractivity contribution in [1.29, 1.82) is 0 Å². The molecule has 0 aliphatic carbocycles.